The average Bonchev–Trinajstić information content (AvgIpc) is 1.68. The van der Waals surface area contributed by atoms with Crippen molar-refractivity contribution in [3.63, 3.8) is 0 Å². The molecule has 1 radical (unpaired) electrons. The molecule has 0 rings (SSSR count). The van der Waals surface area contributed by atoms with Gasteiger partial charge in [-0.15, -0.1) is 6.42 Å². The third kappa shape index (κ3) is 3.31. The molecular weight excluding hydrogens is 92.1 g/mol. The van der Waals surface area contributed by atoms with E-state index < -0.39 is 6.10 Å². The van der Waals surface area contributed by atoms with Crippen LogP contribution in [-0.4, -0.2) is 22.9 Å². The molecule has 0 aliphatic heterocycles. The van der Waals surface area contributed by atoms with Crippen LogP contribution in [0.15, 0.2) is 0 Å². The van der Waals surface area contributed by atoms with E-state index in [0.717, 1.165) is 0 Å². The zero-order valence-electron chi connectivity index (χ0n) is 3.83. The molecule has 7 heavy (non-hydrogen) atoms. The first-order chi connectivity index (χ1) is 3.31. The maximum Gasteiger partial charge on any atom is 0.0920 e. The summed E-state index contributed by atoms with van der Waals surface area (Å²) in [5.74, 6) is 2.08. The lowest BCUT2D eigenvalue weighted by molar-refractivity contribution is 0.123. The van der Waals surface area contributed by atoms with Crippen molar-refractivity contribution in [3.05, 3.63) is 6.42 Å². The van der Waals surface area contributed by atoms with Crippen molar-refractivity contribution >= 4 is 0 Å². The van der Waals surface area contributed by atoms with Crippen LogP contribution >= 0.6 is 0 Å². The molecule has 39 valence electrons. The number of rotatable bonds is 2. The molecule has 0 spiro atoms. The van der Waals surface area contributed by atoms with Crippen LogP contribution in [0, 0.1) is 18.8 Å². The summed E-state index contributed by atoms with van der Waals surface area (Å²) in [6.07, 6.45) is 5.05. The smallest absolute Gasteiger partial charge is 0.0920 e. The standard InChI is InChI=1S/C5H7O2/c1-2-3-5(7)4-6/h1,3,5-7H,4H2. The van der Waals surface area contributed by atoms with E-state index in [1.165, 1.54) is 6.42 Å². The molecule has 0 bridgehead atoms. The van der Waals surface area contributed by atoms with Crippen molar-refractivity contribution in [3.8, 4) is 12.3 Å². The highest BCUT2D eigenvalue weighted by Gasteiger charge is 1.95. The average molecular weight is 99.1 g/mol. The molecule has 0 aromatic heterocycles. The fourth-order valence-corrected chi connectivity index (χ4v) is 0.164. The summed E-state index contributed by atoms with van der Waals surface area (Å²) in [6, 6.07) is 0. The summed E-state index contributed by atoms with van der Waals surface area (Å²) in [7, 11) is 0. The van der Waals surface area contributed by atoms with Gasteiger partial charge in [0.1, 0.15) is 0 Å². The minimum atomic E-state index is -0.856. The van der Waals surface area contributed by atoms with Gasteiger partial charge in [-0.1, -0.05) is 5.92 Å². The molecule has 0 fully saturated rings. The van der Waals surface area contributed by atoms with Gasteiger partial charge in [-0.3, -0.25) is 0 Å². The fraction of sp³-hybridized carbons (Fsp3) is 0.400. The molecule has 2 nitrogen and oxygen atoms in total. The SMILES string of the molecule is C#C[CH]C(O)CO. The van der Waals surface area contributed by atoms with E-state index in [1.54, 1.807) is 0 Å². The zero-order valence-corrected chi connectivity index (χ0v) is 3.83. The van der Waals surface area contributed by atoms with E-state index in [4.69, 9.17) is 16.6 Å². The largest absolute Gasteiger partial charge is 0.394 e. The van der Waals surface area contributed by atoms with Crippen molar-refractivity contribution in [1.82, 2.24) is 0 Å². The number of aliphatic hydroxyl groups excluding tert-OH is 2. The molecular formula is C5H7O2. The lowest BCUT2D eigenvalue weighted by Crippen LogP contribution is -2.10. The number of aliphatic hydroxyl groups is 2. The van der Waals surface area contributed by atoms with E-state index in [9.17, 15) is 0 Å². The normalized spacial score (nSPS) is 12.7. The predicted octanol–water partition coefficient (Wildman–Crippen LogP) is -0.823. The minimum absolute atomic E-state index is 0.301. The topological polar surface area (TPSA) is 40.5 Å². The van der Waals surface area contributed by atoms with Gasteiger partial charge in [0, 0.05) is 0 Å². The molecule has 0 aliphatic carbocycles. The molecule has 0 saturated carbocycles. The Kier molecular flexibility index (Phi) is 3.39. The maximum atomic E-state index is 8.41. The van der Waals surface area contributed by atoms with Gasteiger partial charge < -0.3 is 10.2 Å². The molecule has 0 amide bonds. The highest BCUT2D eigenvalue weighted by Crippen LogP contribution is 1.82. The lowest BCUT2D eigenvalue weighted by atomic mass is 10.3. The van der Waals surface area contributed by atoms with Gasteiger partial charge in [0.15, 0.2) is 0 Å². The van der Waals surface area contributed by atoms with Crippen LogP contribution in [0.2, 0.25) is 0 Å². The Morgan fingerprint density at radius 1 is 1.86 bits per heavy atom. The third-order valence-electron chi connectivity index (χ3n) is 0.476. The number of terminal acetylenes is 1. The minimum Gasteiger partial charge on any atom is -0.394 e. The molecule has 1 unspecified atom stereocenters. The van der Waals surface area contributed by atoms with Gasteiger partial charge in [0.25, 0.3) is 0 Å². The first kappa shape index (κ1) is 6.48. The van der Waals surface area contributed by atoms with Crippen LogP contribution in [0.5, 0.6) is 0 Å². The second kappa shape index (κ2) is 3.66. The van der Waals surface area contributed by atoms with Gasteiger partial charge in [0.2, 0.25) is 0 Å². The molecule has 1 atom stereocenters. The summed E-state index contributed by atoms with van der Waals surface area (Å²) in [5, 5.41) is 16.5. The molecule has 0 saturated heterocycles. The highest BCUT2D eigenvalue weighted by atomic mass is 16.3. The van der Waals surface area contributed by atoms with Crippen LogP contribution in [0.1, 0.15) is 0 Å². The fourth-order valence-electron chi connectivity index (χ4n) is 0.164. The highest BCUT2D eigenvalue weighted by molar-refractivity contribution is 5.04. The van der Waals surface area contributed by atoms with E-state index >= 15 is 0 Å². The quantitative estimate of drug-likeness (QED) is 0.444. The Bertz CT molecular complexity index is 72.6. The molecule has 2 heteroatoms. The van der Waals surface area contributed by atoms with E-state index in [-0.39, 0.29) is 6.61 Å². The molecule has 0 aliphatic rings. The van der Waals surface area contributed by atoms with Gasteiger partial charge in [-0.05, 0) is 0 Å². The first-order valence-corrected chi connectivity index (χ1v) is 1.89. The Morgan fingerprint density at radius 2 is 2.43 bits per heavy atom. The van der Waals surface area contributed by atoms with Gasteiger partial charge >= 0.3 is 0 Å². The predicted molar refractivity (Wildman–Crippen MR) is 26.2 cm³/mol. The summed E-state index contributed by atoms with van der Waals surface area (Å²) in [5.41, 5.74) is 0. The Labute approximate surface area is 42.8 Å². The monoisotopic (exact) mass is 99.0 g/mol. The molecule has 2 N–H and O–H groups in total. The second-order valence-corrected chi connectivity index (χ2v) is 1.08. The van der Waals surface area contributed by atoms with Gasteiger partial charge in [-0.25, -0.2) is 0 Å². The Morgan fingerprint density at radius 3 is 2.57 bits per heavy atom. The summed E-state index contributed by atoms with van der Waals surface area (Å²) >= 11 is 0. The third-order valence-corrected chi connectivity index (χ3v) is 0.476. The van der Waals surface area contributed by atoms with Gasteiger partial charge in [0.05, 0.1) is 19.1 Å². The van der Waals surface area contributed by atoms with Crippen LogP contribution in [0.4, 0.5) is 0 Å². The second-order valence-electron chi connectivity index (χ2n) is 1.08. The van der Waals surface area contributed by atoms with Crippen molar-refractivity contribution in [2.45, 2.75) is 6.10 Å². The summed E-state index contributed by atoms with van der Waals surface area (Å²) < 4.78 is 0. The summed E-state index contributed by atoms with van der Waals surface area (Å²) in [4.78, 5) is 0. The van der Waals surface area contributed by atoms with E-state index in [1.807, 2.05) is 0 Å². The van der Waals surface area contributed by atoms with Crippen molar-refractivity contribution in [1.29, 1.82) is 0 Å². The van der Waals surface area contributed by atoms with Crippen LogP contribution < -0.4 is 0 Å². The zero-order chi connectivity index (χ0) is 5.70. The van der Waals surface area contributed by atoms with Crippen LogP contribution in [-0.2, 0) is 0 Å². The van der Waals surface area contributed by atoms with Crippen LogP contribution in [0.3, 0.4) is 0 Å². The molecule has 0 aromatic rings. The number of hydrogen-bond acceptors (Lipinski definition) is 2. The Hall–Kier alpha value is -0.520. The first-order valence-electron chi connectivity index (χ1n) is 1.89. The van der Waals surface area contributed by atoms with Crippen LogP contribution in [0.25, 0.3) is 0 Å². The van der Waals surface area contributed by atoms with E-state index in [0.29, 0.717) is 0 Å². The summed E-state index contributed by atoms with van der Waals surface area (Å²) in [6.45, 7) is -0.301. The molecule has 0 heterocycles. The number of hydrogen-bond donors (Lipinski definition) is 2. The lowest BCUT2D eigenvalue weighted by Gasteiger charge is -1.96. The van der Waals surface area contributed by atoms with E-state index in [2.05, 4.69) is 5.92 Å². The van der Waals surface area contributed by atoms with Crippen molar-refractivity contribution < 1.29 is 10.2 Å². The molecule has 0 aromatic carbocycles. The van der Waals surface area contributed by atoms with Crippen molar-refractivity contribution in [2.75, 3.05) is 6.61 Å². The van der Waals surface area contributed by atoms with Gasteiger partial charge in [-0.2, -0.15) is 0 Å². The maximum absolute atomic E-state index is 8.41. The Balaban J connectivity index is 3.03. The van der Waals surface area contributed by atoms with Crippen molar-refractivity contribution in [2.24, 2.45) is 0 Å².